The molecule has 33 nitrogen and oxygen atoms in total. The zero-order valence-corrected chi connectivity index (χ0v) is 71.0. The smallest absolute Gasteiger partial charge is 0.425 e. The number of carboxylic acid groups (broad SMARTS) is 3. The second kappa shape index (κ2) is 50.5. The molecule has 0 unspecified atom stereocenters. The molecule has 4 amide bonds. The molecule has 2 heterocycles. The van der Waals surface area contributed by atoms with Gasteiger partial charge in [0.05, 0.1) is 55.0 Å². The van der Waals surface area contributed by atoms with Crippen molar-refractivity contribution in [1.82, 2.24) is 21.3 Å². The number of unbranched alkanes of at least 4 members (excludes halogenated alkanes) is 4. The summed E-state index contributed by atoms with van der Waals surface area (Å²) in [5.74, 6) is -6.31. The SMILES string of the molecule is C.CC1(C)C(=CC=C2CCCC(C=CC3=[N+](CCCCS(=O)(=O)O)c4ccccc4C3(C)C)=C2Oc2ccc(C[C@H](NC(=O)[C@H](CCCC[N+](C)(C)C)CC(=O)[C@H](Cc3ccccc3)NC(=O)CCCCC(=O)CC[C@H](NC(=O)NCCCC(=O)O)C(=O)O)C(=O)O)cc2)N(CCCCS(=O)(=O)[O-])c2ccccc21.O=C=O.O=S(=O)=O.O=S(=O)=O. The first-order chi connectivity index (χ1) is 55.9. The van der Waals surface area contributed by atoms with Crippen molar-refractivity contribution < 1.29 is 128 Å². The number of rotatable bonds is 45. The summed E-state index contributed by atoms with van der Waals surface area (Å²) in [5, 5.41) is 39.6. The number of ether oxygens (including phenoxy) is 1. The lowest BCUT2D eigenvalue weighted by Gasteiger charge is -2.28. The molecule has 7 rings (SSSR count). The summed E-state index contributed by atoms with van der Waals surface area (Å²) in [7, 11) is -8.67. The number of carbonyl (C=O) groups is 8. The highest BCUT2D eigenvalue weighted by Crippen LogP contribution is 2.48. The van der Waals surface area contributed by atoms with E-state index in [2.05, 4.69) is 94.9 Å². The lowest BCUT2D eigenvalue weighted by atomic mass is 9.81. The van der Waals surface area contributed by atoms with Crippen molar-refractivity contribution in [2.75, 3.05) is 63.7 Å². The third-order valence-corrected chi connectivity index (χ3v) is 21.5. The number of amides is 4. The van der Waals surface area contributed by atoms with Crippen LogP contribution >= 0.6 is 0 Å². The molecule has 120 heavy (non-hydrogen) atoms. The number of nitrogens with one attached hydrogen (secondary N) is 4. The Bertz CT molecular complexity index is 4840. The van der Waals surface area contributed by atoms with Crippen LogP contribution in [-0.4, -0.2) is 212 Å². The number of hydrogen-bond acceptors (Lipinski definition) is 23. The van der Waals surface area contributed by atoms with Crippen molar-refractivity contribution in [2.24, 2.45) is 5.92 Å². The highest BCUT2D eigenvalue weighted by atomic mass is 32.2. The molecule has 2 aliphatic heterocycles. The minimum atomic E-state index is -4.41. The number of hydrogen-bond donors (Lipinski definition) is 8. The molecule has 0 aromatic heterocycles. The number of carbonyl (C=O) groups excluding carboxylic acids is 7. The molecular weight excluding hydrogens is 1640 g/mol. The van der Waals surface area contributed by atoms with Gasteiger partial charge in [0.2, 0.25) is 17.5 Å². The zero-order valence-electron chi connectivity index (χ0n) is 67.8. The van der Waals surface area contributed by atoms with E-state index in [1.165, 1.54) is 0 Å². The van der Waals surface area contributed by atoms with E-state index >= 15 is 0 Å². The topological polar surface area (TPSA) is 509 Å². The van der Waals surface area contributed by atoms with Crippen LogP contribution in [0, 0.1) is 5.92 Å². The number of para-hydroxylation sites is 2. The molecule has 0 bridgehead atoms. The van der Waals surface area contributed by atoms with E-state index in [1.54, 1.807) is 36.4 Å². The van der Waals surface area contributed by atoms with E-state index in [1.807, 2.05) is 75.7 Å². The van der Waals surface area contributed by atoms with Gasteiger partial charge in [0.1, 0.15) is 35.9 Å². The van der Waals surface area contributed by atoms with Crippen LogP contribution in [0.3, 0.4) is 0 Å². The van der Waals surface area contributed by atoms with E-state index in [4.69, 9.17) is 44.7 Å². The number of nitrogens with zero attached hydrogens (tertiary/aromatic N) is 3. The van der Waals surface area contributed by atoms with E-state index in [0.717, 1.165) is 63.6 Å². The first-order valence-corrected chi connectivity index (χ1v) is 43.9. The number of aliphatic carboxylic acids is 3. The van der Waals surface area contributed by atoms with Crippen molar-refractivity contribution >= 4 is 112 Å². The molecule has 8 N–H and O–H groups in total. The number of anilines is 1. The van der Waals surface area contributed by atoms with Crippen LogP contribution in [0.2, 0.25) is 0 Å². The molecule has 0 fully saturated rings. The lowest BCUT2D eigenvalue weighted by molar-refractivity contribution is -0.870. The van der Waals surface area contributed by atoms with E-state index < -0.39 is 124 Å². The summed E-state index contributed by atoms with van der Waals surface area (Å²) in [6, 6.07) is 27.4. The molecule has 4 aromatic rings. The minimum absolute atomic E-state index is 0. The van der Waals surface area contributed by atoms with Gasteiger partial charge in [0.15, 0.2) is 11.5 Å². The fourth-order valence-corrected chi connectivity index (χ4v) is 15.2. The first kappa shape index (κ1) is 104. The van der Waals surface area contributed by atoms with E-state index in [9.17, 15) is 74.5 Å². The summed E-state index contributed by atoms with van der Waals surface area (Å²) in [5.41, 5.74) is 8.20. The quantitative estimate of drug-likeness (QED) is 0.00888. The van der Waals surface area contributed by atoms with E-state index in [0.29, 0.717) is 73.2 Å². The van der Waals surface area contributed by atoms with Crippen molar-refractivity contribution in [3.63, 3.8) is 0 Å². The number of quaternary nitrogens is 1. The number of fused-ring (bicyclic) bond motifs is 2. The third kappa shape index (κ3) is 37.4. The van der Waals surface area contributed by atoms with Gasteiger partial charge < -0.3 is 55.3 Å². The monoisotopic (exact) mass is 1750 g/mol. The Labute approximate surface area is 704 Å². The van der Waals surface area contributed by atoms with Gasteiger partial charge in [-0.3, -0.25) is 28.5 Å². The fourth-order valence-electron chi connectivity index (χ4n) is 14.1. The van der Waals surface area contributed by atoms with Gasteiger partial charge in [-0.25, -0.2) is 22.8 Å². The molecule has 658 valence electrons. The van der Waals surface area contributed by atoms with Crippen molar-refractivity contribution in [1.29, 1.82) is 0 Å². The Morgan fingerprint density at radius 3 is 1.82 bits per heavy atom. The Hall–Kier alpha value is -10.5. The van der Waals surface area contributed by atoms with Crippen LogP contribution in [0.4, 0.5) is 16.2 Å². The summed E-state index contributed by atoms with van der Waals surface area (Å²) >= 11 is 0. The Morgan fingerprint density at radius 2 is 1.22 bits per heavy atom. The molecule has 0 radical (unpaired) electrons. The molecule has 0 saturated carbocycles. The van der Waals surface area contributed by atoms with Crippen LogP contribution in [0.15, 0.2) is 150 Å². The number of Topliss-reactive ketones (excluding diaryl/α,β-unsaturated/α-hetero) is 2. The van der Waals surface area contributed by atoms with E-state index in [-0.39, 0.29) is 122 Å². The van der Waals surface area contributed by atoms with Crippen LogP contribution in [0.1, 0.15) is 179 Å². The zero-order chi connectivity index (χ0) is 88.8. The molecule has 0 spiro atoms. The summed E-state index contributed by atoms with van der Waals surface area (Å²) in [6.45, 7) is 10.3. The normalized spacial score (nSPS) is 15.5. The standard InChI is InChI=1S/C81H107N7O18S2.CO2.CH4.2O3S/c1-80(2)63-31-12-14-33-68(63)86(48-18-21-51-107(100,101)102)71(80)45-39-58-28-23-29-59(40-46-72-81(3,4)64-32-13-15-34-69(64)87(72)49-19-22-52-108(103,104)105)75(58)106-62-42-37-57(38-43-62)54-67(78(97)98)84-76(94)60(27-17-20-50-88(5,6)7)55-70(90)66(53-56-25-9-8-10-26-56)83-73(91)35-16-11-30-61(89)41-44-65(77(95)96)85-79(99)82-47-24-36-74(92)93;2-1-3;;2*1-4(2)3/h8-10,12-15,25-26,31-34,37-40,42-43,45-46,60,65-67H,11,16-24,27-30,35-36,41,44,47-55H2,1-7H3,(H7-2,82,83,84,85,91,92,93,94,95,96,97,98,99,100,101,102,103,104,105);;1H4;;/p+1/t60-,65+,66+,67+;;;;/m1..../s1. The van der Waals surface area contributed by atoms with Crippen molar-refractivity contribution in [3.05, 3.63) is 172 Å². The van der Waals surface area contributed by atoms with Crippen LogP contribution in [-0.2, 0) is 108 Å². The largest absolute Gasteiger partial charge is 0.748 e. The third-order valence-electron chi connectivity index (χ3n) is 20.0. The van der Waals surface area contributed by atoms with Gasteiger partial charge in [-0.2, -0.15) is 22.6 Å². The van der Waals surface area contributed by atoms with Gasteiger partial charge in [-0.15, -0.1) is 25.3 Å². The summed E-state index contributed by atoms with van der Waals surface area (Å²) < 4.78 is 128. The maximum atomic E-state index is 14.6. The maximum absolute atomic E-state index is 14.6. The van der Waals surface area contributed by atoms with Gasteiger partial charge in [-0.05, 0) is 162 Å². The second-order valence-corrected chi connectivity index (χ2v) is 34.7. The van der Waals surface area contributed by atoms with Crippen molar-refractivity contribution in [2.45, 2.75) is 199 Å². The van der Waals surface area contributed by atoms with Gasteiger partial charge in [0, 0.05) is 104 Å². The molecule has 0 saturated heterocycles. The van der Waals surface area contributed by atoms with Crippen LogP contribution in [0.5, 0.6) is 5.75 Å². The Kier molecular flexibility index (Phi) is 43.6. The summed E-state index contributed by atoms with van der Waals surface area (Å²) in [4.78, 5) is 122. The molecule has 1 aliphatic carbocycles. The molecule has 37 heteroatoms. The number of urea groups is 1. The lowest BCUT2D eigenvalue weighted by Crippen LogP contribution is -2.47. The Morgan fingerprint density at radius 1 is 0.633 bits per heavy atom. The first-order valence-electron chi connectivity index (χ1n) is 38.7. The van der Waals surface area contributed by atoms with Gasteiger partial charge in [0.25, 0.3) is 10.1 Å². The number of benzene rings is 4. The molecule has 4 aromatic carbocycles. The Balaban J connectivity index is 0.00000292. The average Bonchev–Trinajstić information content (AvgIpc) is 1.60. The molecular formula is C83H112N7O26S4+. The van der Waals surface area contributed by atoms with Gasteiger partial charge in [-0.1, -0.05) is 106 Å². The predicted octanol–water partition coefficient (Wildman–Crippen LogP) is 8.60. The number of ketones is 2. The second-order valence-electron chi connectivity index (χ2n) is 30.8. The highest BCUT2D eigenvalue weighted by Gasteiger charge is 2.45. The number of allylic oxidation sites excluding steroid dienone is 7. The molecule has 4 atom stereocenters. The maximum Gasteiger partial charge on any atom is 0.425 e. The average molecular weight is 1750 g/mol. The minimum Gasteiger partial charge on any atom is -0.748 e. The predicted molar refractivity (Wildman–Crippen MR) is 443 cm³/mol. The van der Waals surface area contributed by atoms with Gasteiger partial charge >= 0.3 is 51.3 Å². The highest BCUT2D eigenvalue weighted by molar-refractivity contribution is 7.86. The molecule has 3 aliphatic rings. The van der Waals surface area contributed by atoms with Crippen LogP contribution in [0.25, 0.3) is 0 Å². The number of carboxylic acids is 3. The summed E-state index contributed by atoms with van der Waals surface area (Å²) in [6.07, 6.45) is 13.1. The van der Waals surface area contributed by atoms with Crippen LogP contribution < -0.4 is 30.9 Å². The van der Waals surface area contributed by atoms with Crippen molar-refractivity contribution in [3.8, 4) is 5.75 Å². The fraction of sp³-hybridized carbons (Fsp3) is 0.494.